The van der Waals surface area contributed by atoms with E-state index in [1.165, 1.54) is 83.8 Å². The summed E-state index contributed by atoms with van der Waals surface area (Å²) >= 11 is 0. The van der Waals surface area contributed by atoms with E-state index >= 15 is 0 Å². The van der Waals surface area contributed by atoms with Gasteiger partial charge in [0, 0.05) is 11.6 Å². The van der Waals surface area contributed by atoms with E-state index in [0.29, 0.717) is 5.54 Å². The quantitative estimate of drug-likeness (QED) is 0.704. The Hall–Kier alpha value is -0.0800. The van der Waals surface area contributed by atoms with Crippen LogP contribution in [0, 0.1) is 5.92 Å². The van der Waals surface area contributed by atoms with E-state index in [1.807, 2.05) is 0 Å². The molecule has 1 N–H and O–H groups in total. The molecule has 0 aromatic carbocycles. The second-order valence-corrected chi connectivity index (χ2v) is 7.84. The van der Waals surface area contributed by atoms with Gasteiger partial charge >= 0.3 is 0 Å². The summed E-state index contributed by atoms with van der Waals surface area (Å²) in [6.45, 7) is 10.9. The van der Waals surface area contributed by atoms with E-state index in [0.717, 1.165) is 12.0 Å². The Kier molecular flexibility index (Phi) is 7.01. The van der Waals surface area contributed by atoms with Crippen LogP contribution < -0.4 is 5.32 Å². The predicted molar refractivity (Wildman–Crippen MR) is 92.8 cm³/mol. The smallest absolute Gasteiger partial charge is 0.0362 e. The highest BCUT2D eigenvalue weighted by Crippen LogP contribution is 2.41. The topological polar surface area (TPSA) is 15.3 Å². The largest absolute Gasteiger partial charge is 0.312 e. The van der Waals surface area contributed by atoms with Crippen molar-refractivity contribution in [3.63, 3.8) is 0 Å². The standard InChI is InChI=1S/C19H38N2/c1-4-14-20-18(11-10-17(2)3)19(12-6-7-13-19)21-15-8-5-9-16-21/h17-18,20H,4-16H2,1-3H3. The number of likely N-dealkylation sites (tertiary alicyclic amines) is 1. The minimum atomic E-state index is 0.491. The van der Waals surface area contributed by atoms with Gasteiger partial charge in [-0.25, -0.2) is 0 Å². The molecule has 1 aliphatic carbocycles. The molecule has 2 rings (SSSR count). The monoisotopic (exact) mass is 294 g/mol. The van der Waals surface area contributed by atoms with Crippen molar-refractivity contribution in [3.8, 4) is 0 Å². The first-order valence-electron chi connectivity index (χ1n) is 9.67. The Morgan fingerprint density at radius 2 is 1.62 bits per heavy atom. The normalized spacial score (nSPS) is 24.6. The van der Waals surface area contributed by atoms with Gasteiger partial charge in [-0.2, -0.15) is 0 Å². The van der Waals surface area contributed by atoms with Gasteiger partial charge in [0.2, 0.25) is 0 Å². The van der Waals surface area contributed by atoms with Crippen LogP contribution in [0.3, 0.4) is 0 Å². The van der Waals surface area contributed by atoms with Crippen molar-refractivity contribution in [2.45, 2.75) is 96.6 Å². The van der Waals surface area contributed by atoms with Crippen LogP contribution in [0.15, 0.2) is 0 Å². The van der Waals surface area contributed by atoms with Crippen molar-refractivity contribution in [3.05, 3.63) is 0 Å². The summed E-state index contributed by atoms with van der Waals surface area (Å²) in [5.74, 6) is 0.829. The van der Waals surface area contributed by atoms with Crippen LogP contribution in [-0.2, 0) is 0 Å². The summed E-state index contributed by atoms with van der Waals surface area (Å²) < 4.78 is 0. The third-order valence-corrected chi connectivity index (χ3v) is 5.78. The van der Waals surface area contributed by atoms with Gasteiger partial charge < -0.3 is 5.32 Å². The first kappa shape index (κ1) is 17.3. The molecule has 1 aliphatic heterocycles. The molecule has 2 heteroatoms. The van der Waals surface area contributed by atoms with E-state index in [2.05, 4.69) is 31.0 Å². The SMILES string of the molecule is CCCNC(CCC(C)C)C1(N2CCCCC2)CCCC1. The highest BCUT2D eigenvalue weighted by atomic mass is 15.2. The minimum Gasteiger partial charge on any atom is -0.312 e. The zero-order chi connectivity index (χ0) is 15.1. The Balaban J connectivity index is 2.09. The van der Waals surface area contributed by atoms with E-state index in [-0.39, 0.29) is 0 Å². The lowest BCUT2D eigenvalue weighted by molar-refractivity contribution is 0.0324. The minimum absolute atomic E-state index is 0.491. The van der Waals surface area contributed by atoms with Gasteiger partial charge in [0.25, 0.3) is 0 Å². The molecule has 0 spiro atoms. The lowest BCUT2D eigenvalue weighted by atomic mass is 9.81. The first-order chi connectivity index (χ1) is 10.2. The third kappa shape index (κ3) is 4.45. The van der Waals surface area contributed by atoms with E-state index in [1.54, 1.807) is 0 Å². The van der Waals surface area contributed by atoms with Crippen LogP contribution in [0.25, 0.3) is 0 Å². The van der Waals surface area contributed by atoms with Crippen LogP contribution in [0.5, 0.6) is 0 Å². The molecule has 0 radical (unpaired) electrons. The van der Waals surface area contributed by atoms with Crippen molar-refractivity contribution < 1.29 is 0 Å². The van der Waals surface area contributed by atoms with Crippen molar-refractivity contribution in [2.75, 3.05) is 19.6 Å². The number of hydrogen-bond acceptors (Lipinski definition) is 2. The molecule has 0 amide bonds. The van der Waals surface area contributed by atoms with E-state index < -0.39 is 0 Å². The summed E-state index contributed by atoms with van der Waals surface area (Å²) in [7, 11) is 0. The Morgan fingerprint density at radius 3 is 2.19 bits per heavy atom. The average Bonchev–Trinajstić information content (AvgIpc) is 2.99. The molecular weight excluding hydrogens is 256 g/mol. The van der Waals surface area contributed by atoms with E-state index in [4.69, 9.17) is 0 Å². The van der Waals surface area contributed by atoms with Crippen molar-refractivity contribution in [1.29, 1.82) is 0 Å². The number of hydrogen-bond donors (Lipinski definition) is 1. The molecular formula is C19H38N2. The van der Waals surface area contributed by atoms with Crippen LogP contribution in [0.2, 0.25) is 0 Å². The fraction of sp³-hybridized carbons (Fsp3) is 1.00. The zero-order valence-corrected chi connectivity index (χ0v) is 14.8. The molecule has 0 bridgehead atoms. The third-order valence-electron chi connectivity index (χ3n) is 5.78. The molecule has 0 aromatic rings. The Morgan fingerprint density at radius 1 is 0.952 bits per heavy atom. The lowest BCUT2D eigenvalue weighted by Gasteiger charge is -2.49. The molecule has 1 heterocycles. The molecule has 1 unspecified atom stereocenters. The Labute approximate surface area is 133 Å². The second-order valence-electron chi connectivity index (χ2n) is 7.84. The summed E-state index contributed by atoms with van der Waals surface area (Å²) in [6, 6.07) is 0.723. The first-order valence-corrected chi connectivity index (χ1v) is 9.67. The molecule has 0 aromatic heterocycles. The lowest BCUT2D eigenvalue weighted by Crippen LogP contribution is -2.61. The van der Waals surface area contributed by atoms with E-state index in [9.17, 15) is 0 Å². The van der Waals surface area contributed by atoms with Gasteiger partial charge in [-0.1, -0.05) is 40.0 Å². The highest BCUT2D eigenvalue weighted by molar-refractivity contribution is 5.04. The summed E-state index contributed by atoms with van der Waals surface area (Å²) in [4.78, 5) is 2.90. The molecule has 1 atom stereocenters. The van der Waals surface area contributed by atoms with Crippen LogP contribution in [0.4, 0.5) is 0 Å². The van der Waals surface area contributed by atoms with Gasteiger partial charge in [0.15, 0.2) is 0 Å². The molecule has 124 valence electrons. The van der Waals surface area contributed by atoms with Crippen LogP contribution in [0.1, 0.15) is 85.0 Å². The molecule has 1 saturated heterocycles. The van der Waals surface area contributed by atoms with Gasteiger partial charge in [0.1, 0.15) is 0 Å². The second kappa shape index (κ2) is 8.53. The van der Waals surface area contributed by atoms with Gasteiger partial charge in [-0.15, -0.1) is 0 Å². The molecule has 1 saturated carbocycles. The molecule has 2 fully saturated rings. The van der Waals surface area contributed by atoms with Crippen LogP contribution in [-0.4, -0.2) is 36.1 Å². The predicted octanol–water partition coefficient (Wildman–Crippen LogP) is 4.59. The van der Waals surface area contributed by atoms with Crippen molar-refractivity contribution >= 4 is 0 Å². The number of nitrogens with zero attached hydrogens (tertiary/aromatic N) is 1. The fourth-order valence-electron chi connectivity index (χ4n) is 4.59. The Bertz CT molecular complexity index is 275. The van der Waals surface area contributed by atoms with Gasteiger partial charge in [0.05, 0.1) is 0 Å². The summed E-state index contributed by atoms with van der Waals surface area (Å²) in [6.07, 6.45) is 14.1. The van der Waals surface area contributed by atoms with Crippen LogP contribution >= 0.6 is 0 Å². The maximum atomic E-state index is 3.96. The van der Waals surface area contributed by atoms with Gasteiger partial charge in [-0.3, -0.25) is 4.90 Å². The number of nitrogens with one attached hydrogen (secondary N) is 1. The average molecular weight is 295 g/mol. The molecule has 2 nitrogen and oxygen atoms in total. The number of piperidine rings is 1. The molecule has 2 aliphatic rings. The summed E-state index contributed by atoms with van der Waals surface area (Å²) in [5.41, 5.74) is 0.491. The number of rotatable bonds is 8. The van der Waals surface area contributed by atoms with Crippen molar-refractivity contribution in [2.24, 2.45) is 5.92 Å². The highest BCUT2D eigenvalue weighted by Gasteiger charge is 2.45. The molecule has 21 heavy (non-hydrogen) atoms. The van der Waals surface area contributed by atoms with Crippen molar-refractivity contribution in [1.82, 2.24) is 10.2 Å². The zero-order valence-electron chi connectivity index (χ0n) is 14.8. The maximum absolute atomic E-state index is 3.96. The van der Waals surface area contributed by atoms with Gasteiger partial charge in [-0.05, 0) is 70.5 Å². The fourth-order valence-corrected chi connectivity index (χ4v) is 4.59. The maximum Gasteiger partial charge on any atom is 0.0362 e. The summed E-state index contributed by atoms with van der Waals surface area (Å²) in [5, 5.41) is 3.96.